The molecule has 1 atom stereocenters. The Morgan fingerprint density at radius 2 is 1.95 bits per heavy atom. The molecule has 0 radical (unpaired) electrons. The molecule has 2 rings (SSSR count). The summed E-state index contributed by atoms with van der Waals surface area (Å²) in [5.41, 5.74) is 0.535. The van der Waals surface area contributed by atoms with E-state index in [1.54, 1.807) is 30.3 Å². The lowest BCUT2D eigenvalue weighted by molar-refractivity contribution is -0.151. The highest BCUT2D eigenvalue weighted by Crippen LogP contribution is 2.45. The van der Waals surface area contributed by atoms with Crippen molar-refractivity contribution in [2.75, 3.05) is 12.3 Å². The van der Waals surface area contributed by atoms with Crippen LogP contribution in [-0.4, -0.2) is 39.0 Å². The van der Waals surface area contributed by atoms with Crippen molar-refractivity contribution in [2.45, 2.75) is 9.71 Å². The Balaban J connectivity index is 2.50. The van der Waals surface area contributed by atoms with Gasteiger partial charge in [0.1, 0.15) is 0 Å². The Morgan fingerprint density at radius 1 is 1.32 bits per heavy atom. The first kappa shape index (κ1) is 14.5. The second-order valence-corrected chi connectivity index (χ2v) is 6.34. The van der Waals surface area contributed by atoms with Crippen LogP contribution in [0.1, 0.15) is 5.56 Å². The molecule has 1 N–H and O–H groups in total. The highest BCUT2D eigenvalue weighted by Gasteiger charge is 2.53. The number of hydrogen-bond donors (Lipinski definition) is 1. The van der Waals surface area contributed by atoms with Crippen LogP contribution in [0, 0.1) is 0 Å². The van der Waals surface area contributed by atoms with Crippen molar-refractivity contribution < 1.29 is 14.7 Å². The van der Waals surface area contributed by atoms with Crippen molar-refractivity contribution in [3.8, 4) is 0 Å². The fourth-order valence-corrected chi connectivity index (χ4v) is 3.68. The van der Waals surface area contributed by atoms with Gasteiger partial charge in [-0.25, -0.2) is 4.79 Å². The third kappa shape index (κ3) is 2.42. The summed E-state index contributed by atoms with van der Waals surface area (Å²) in [6.45, 7) is 0.306. The minimum absolute atomic E-state index is 0.306. The van der Waals surface area contributed by atoms with Crippen LogP contribution in [0.15, 0.2) is 30.3 Å². The number of carboxylic acids is 1. The zero-order valence-electron chi connectivity index (χ0n) is 9.75. The van der Waals surface area contributed by atoms with Gasteiger partial charge in [0.15, 0.2) is 4.84 Å². The van der Waals surface area contributed by atoms with Crippen LogP contribution in [0.25, 0.3) is 0 Å². The second-order valence-electron chi connectivity index (χ2n) is 3.95. The minimum Gasteiger partial charge on any atom is -0.479 e. The summed E-state index contributed by atoms with van der Waals surface area (Å²) < 4.78 is 0. The van der Waals surface area contributed by atoms with Gasteiger partial charge in [-0.2, -0.15) is 0 Å². The van der Waals surface area contributed by atoms with Crippen LogP contribution in [0.5, 0.6) is 0 Å². The number of rotatable bonds is 3. The van der Waals surface area contributed by atoms with Crippen molar-refractivity contribution in [2.24, 2.45) is 0 Å². The molecule has 7 heteroatoms. The van der Waals surface area contributed by atoms with E-state index in [2.05, 4.69) is 0 Å². The molecule has 0 bridgehead atoms. The Labute approximate surface area is 124 Å². The maximum absolute atomic E-state index is 12.0. The molecule has 1 aliphatic rings. The maximum atomic E-state index is 12.0. The van der Waals surface area contributed by atoms with E-state index in [0.717, 1.165) is 0 Å². The number of amides is 1. The number of benzene rings is 1. The number of hydrogen-bond acceptors (Lipinski definition) is 3. The molecule has 1 saturated heterocycles. The molecule has 0 spiro atoms. The zero-order valence-corrected chi connectivity index (χ0v) is 12.1. The van der Waals surface area contributed by atoms with Crippen LogP contribution < -0.4 is 0 Å². The Hall–Kier alpha value is -0.910. The summed E-state index contributed by atoms with van der Waals surface area (Å²) in [5, 5.41) is 9.62. The third-order valence-electron chi connectivity index (χ3n) is 2.91. The number of nitrogens with zero attached hydrogens (tertiary/aromatic N) is 1. The molecule has 102 valence electrons. The number of thioether (sulfide) groups is 1. The summed E-state index contributed by atoms with van der Waals surface area (Å²) in [6.07, 6.45) is 0. The number of aliphatic carboxylic acids is 1. The van der Waals surface area contributed by atoms with E-state index >= 15 is 0 Å². The Morgan fingerprint density at radius 3 is 2.47 bits per heavy atom. The lowest BCUT2D eigenvalue weighted by Gasteiger charge is -2.34. The largest absolute Gasteiger partial charge is 0.479 e. The van der Waals surface area contributed by atoms with Crippen LogP contribution >= 0.6 is 35.0 Å². The van der Waals surface area contributed by atoms with Gasteiger partial charge in [-0.05, 0) is 5.56 Å². The van der Waals surface area contributed by atoms with E-state index in [1.165, 1.54) is 16.7 Å². The van der Waals surface area contributed by atoms with Crippen molar-refractivity contribution in [1.82, 2.24) is 4.90 Å². The molecule has 1 unspecified atom stereocenters. The van der Waals surface area contributed by atoms with E-state index < -0.39 is 21.6 Å². The van der Waals surface area contributed by atoms with Gasteiger partial charge in [-0.1, -0.05) is 53.5 Å². The van der Waals surface area contributed by atoms with E-state index in [-0.39, 0.29) is 0 Å². The first-order chi connectivity index (χ1) is 9.00. The van der Waals surface area contributed by atoms with Crippen LogP contribution in [0.4, 0.5) is 0 Å². The SMILES string of the molecule is O=C(C(Cl)Cl)N1CCSC1(C(=O)O)c1ccccc1. The quantitative estimate of drug-likeness (QED) is 0.868. The number of carboxylic acid groups (broad SMARTS) is 1. The predicted octanol–water partition coefficient (Wildman–Crippen LogP) is 2.30. The summed E-state index contributed by atoms with van der Waals surface area (Å²) in [6, 6.07) is 8.63. The molecule has 0 aliphatic carbocycles. The predicted molar refractivity (Wildman–Crippen MR) is 75.4 cm³/mol. The molecule has 1 heterocycles. The van der Waals surface area contributed by atoms with Crippen LogP contribution in [0.2, 0.25) is 0 Å². The highest BCUT2D eigenvalue weighted by molar-refractivity contribution is 8.01. The van der Waals surface area contributed by atoms with Crippen LogP contribution in [0.3, 0.4) is 0 Å². The standard InChI is InChI=1S/C12H11Cl2NO3S/c13-9(14)10(16)15-6-7-19-12(15,11(17)18)8-4-2-1-3-5-8/h1-5,9H,6-7H2,(H,17,18). The minimum atomic E-state index is -1.44. The molecule has 1 aromatic carbocycles. The lowest BCUT2D eigenvalue weighted by atomic mass is 10.0. The molecular formula is C12H11Cl2NO3S. The van der Waals surface area contributed by atoms with Gasteiger partial charge in [0.25, 0.3) is 5.91 Å². The Bertz CT molecular complexity index is 497. The molecule has 19 heavy (non-hydrogen) atoms. The second kappa shape index (κ2) is 5.61. The van der Waals surface area contributed by atoms with Crippen molar-refractivity contribution in [3.63, 3.8) is 0 Å². The van der Waals surface area contributed by atoms with E-state index in [4.69, 9.17) is 23.2 Å². The molecule has 0 saturated carbocycles. The zero-order chi connectivity index (χ0) is 14.0. The van der Waals surface area contributed by atoms with Gasteiger partial charge in [0, 0.05) is 12.3 Å². The molecule has 4 nitrogen and oxygen atoms in total. The van der Waals surface area contributed by atoms with E-state index in [9.17, 15) is 14.7 Å². The monoisotopic (exact) mass is 319 g/mol. The van der Waals surface area contributed by atoms with Crippen LogP contribution in [-0.2, 0) is 14.5 Å². The van der Waals surface area contributed by atoms with Gasteiger partial charge in [-0.15, -0.1) is 11.8 Å². The van der Waals surface area contributed by atoms with Gasteiger partial charge >= 0.3 is 5.97 Å². The highest BCUT2D eigenvalue weighted by atomic mass is 35.5. The van der Waals surface area contributed by atoms with Crippen molar-refractivity contribution in [1.29, 1.82) is 0 Å². The molecule has 1 aliphatic heterocycles. The maximum Gasteiger partial charge on any atom is 0.345 e. The molecule has 1 amide bonds. The molecule has 0 aromatic heterocycles. The summed E-state index contributed by atoms with van der Waals surface area (Å²) in [4.78, 5) is 22.3. The first-order valence-electron chi connectivity index (χ1n) is 5.52. The number of carbonyl (C=O) groups is 2. The van der Waals surface area contributed by atoms with Crippen molar-refractivity contribution in [3.05, 3.63) is 35.9 Å². The summed E-state index contributed by atoms with van der Waals surface area (Å²) in [5.74, 6) is -1.16. The average molecular weight is 320 g/mol. The van der Waals surface area contributed by atoms with Gasteiger partial charge in [-0.3, -0.25) is 4.79 Å². The summed E-state index contributed by atoms with van der Waals surface area (Å²) >= 11 is 12.4. The lowest BCUT2D eigenvalue weighted by Crippen LogP contribution is -2.50. The van der Waals surface area contributed by atoms with Crippen molar-refractivity contribution >= 4 is 46.8 Å². The number of carbonyl (C=O) groups excluding carboxylic acids is 1. The third-order valence-corrected chi connectivity index (χ3v) is 4.72. The fourth-order valence-electron chi connectivity index (χ4n) is 2.11. The number of halogens is 2. The summed E-state index contributed by atoms with van der Waals surface area (Å²) in [7, 11) is 0. The Kier molecular flexibility index (Phi) is 4.28. The molecule has 1 fully saturated rings. The van der Waals surface area contributed by atoms with Gasteiger partial charge in [0.2, 0.25) is 4.87 Å². The molecular weight excluding hydrogens is 309 g/mol. The van der Waals surface area contributed by atoms with Gasteiger partial charge < -0.3 is 10.0 Å². The normalized spacial score (nSPS) is 22.8. The first-order valence-corrected chi connectivity index (χ1v) is 7.38. The van der Waals surface area contributed by atoms with Gasteiger partial charge in [0.05, 0.1) is 0 Å². The van der Waals surface area contributed by atoms with E-state index in [0.29, 0.717) is 17.9 Å². The average Bonchev–Trinajstić information content (AvgIpc) is 2.84. The smallest absolute Gasteiger partial charge is 0.345 e. The topological polar surface area (TPSA) is 57.6 Å². The van der Waals surface area contributed by atoms with E-state index in [1.807, 2.05) is 0 Å². The fraction of sp³-hybridized carbons (Fsp3) is 0.333. The molecule has 1 aromatic rings. The number of alkyl halides is 2.